The monoisotopic (exact) mass is 271 g/mol. The van der Waals surface area contributed by atoms with Crippen LogP contribution in [0, 0.1) is 0 Å². The van der Waals surface area contributed by atoms with Gasteiger partial charge in [-0.1, -0.05) is 11.6 Å². The number of ether oxygens (including phenoxy) is 1. The Morgan fingerprint density at radius 1 is 1.50 bits per heavy atom. The van der Waals surface area contributed by atoms with Crippen molar-refractivity contribution in [1.82, 2.24) is 4.90 Å². The topological polar surface area (TPSA) is 49.8 Å². The van der Waals surface area contributed by atoms with Gasteiger partial charge in [0.2, 0.25) is 0 Å². The van der Waals surface area contributed by atoms with Gasteiger partial charge in [0.25, 0.3) is 5.91 Å². The van der Waals surface area contributed by atoms with E-state index in [1.165, 1.54) is 12.1 Å². The van der Waals surface area contributed by atoms with Gasteiger partial charge in [-0.15, -0.1) is 0 Å². The molecule has 0 spiro atoms. The SMILES string of the molecule is COCCN(C(=O)c1ccc(O)c(Cl)c1)C(C)C. The highest BCUT2D eigenvalue weighted by atomic mass is 35.5. The van der Waals surface area contributed by atoms with Crippen molar-refractivity contribution in [3.05, 3.63) is 28.8 Å². The first kappa shape index (κ1) is 14.8. The van der Waals surface area contributed by atoms with Crippen LogP contribution in [0.5, 0.6) is 5.75 Å². The van der Waals surface area contributed by atoms with Gasteiger partial charge in [0.1, 0.15) is 5.75 Å². The van der Waals surface area contributed by atoms with Gasteiger partial charge >= 0.3 is 0 Å². The highest BCUT2D eigenvalue weighted by Crippen LogP contribution is 2.24. The Morgan fingerprint density at radius 3 is 2.67 bits per heavy atom. The molecule has 0 bridgehead atoms. The molecular weight excluding hydrogens is 254 g/mol. The minimum atomic E-state index is -0.121. The summed E-state index contributed by atoms with van der Waals surface area (Å²) in [6.07, 6.45) is 0. The molecule has 1 N–H and O–H groups in total. The predicted octanol–water partition coefficient (Wildman–Crippen LogP) is 2.54. The number of rotatable bonds is 5. The summed E-state index contributed by atoms with van der Waals surface area (Å²) in [5.41, 5.74) is 0.461. The molecule has 0 unspecified atom stereocenters. The number of carbonyl (C=O) groups is 1. The Morgan fingerprint density at radius 2 is 2.17 bits per heavy atom. The molecule has 0 saturated carbocycles. The maximum atomic E-state index is 12.3. The predicted molar refractivity (Wildman–Crippen MR) is 71.2 cm³/mol. The van der Waals surface area contributed by atoms with Crippen molar-refractivity contribution >= 4 is 17.5 Å². The Labute approximate surface area is 112 Å². The van der Waals surface area contributed by atoms with Crippen molar-refractivity contribution in [2.75, 3.05) is 20.3 Å². The zero-order chi connectivity index (χ0) is 13.7. The first-order valence-electron chi connectivity index (χ1n) is 5.75. The third kappa shape index (κ3) is 3.62. The Kier molecular flexibility index (Phi) is 5.44. The molecule has 1 amide bonds. The van der Waals surface area contributed by atoms with E-state index in [4.69, 9.17) is 16.3 Å². The second kappa shape index (κ2) is 6.61. The molecule has 1 aromatic rings. The Hall–Kier alpha value is -1.26. The minimum Gasteiger partial charge on any atom is -0.506 e. The molecule has 0 aromatic heterocycles. The van der Waals surface area contributed by atoms with E-state index in [9.17, 15) is 9.90 Å². The third-order valence-electron chi connectivity index (χ3n) is 2.62. The lowest BCUT2D eigenvalue weighted by Crippen LogP contribution is -2.39. The number of halogens is 1. The average molecular weight is 272 g/mol. The number of phenols is 1. The van der Waals surface area contributed by atoms with Crippen LogP contribution >= 0.6 is 11.6 Å². The van der Waals surface area contributed by atoms with Gasteiger partial charge in [-0.2, -0.15) is 0 Å². The van der Waals surface area contributed by atoms with Gasteiger partial charge in [-0.3, -0.25) is 4.79 Å². The summed E-state index contributed by atoms with van der Waals surface area (Å²) in [6.45, 7) is 4.88. The van der Waals surface area contributed by atoms with Crippen LogP contribution in [0.25, 0.3) is 0 Å². The molecule has 4 nitrogen and oxygen atoms in total. The fourth-order valence-corrected chi connectivity index (χ4v) is 1.77. The van der Waals surface area contributed by atoms with Crippen molar-refractivity contribution in [1.29, 1.82) is 0 Å². The number of methoxy groups -OCH3 is 1. The van der Waals surface area contributed by atoms with E-state index in [1.807, 2.05) is 13.8 Å². The molecule has 1 aromatic carbocycles. The molecule has 0 atom stereocenters. The van der Waals surface area contributed by atoms with Gasteiger partial charge < -0.3 is 14.7 Å². The maximum absolute atomic E-state index is 12.3. The van der Waals surface area contributed by atoms with E-state index in [0.29, 0.717) is 18.7 Å². The second-order valence-electron chi connectivity index (χ2n) is 4.25. The molecule has 5 heteroatoms. The molecule has 0 aliphatic carbocycles. The van der Waals surface area contributed by atoms with Gasteiger partial charge in [-0.25, -0.2) is 0 Å². The van der Waals surface area contributed by atoms with E-state index in [0.717, 1.165) is 0 Å². The van der Waals surface area contributed by atoms with Crippen LogP contribution in [-0.2, 0) is 4.74 Å². The zero-order valence-corrected chi connectivity index (χ0v) is 11.6. The van der Waals surface area contributed by atoms with E-state index in [2.05, 4.69) is 0 Å². The van der Waals surface area contributed by atoms with Gasteiger partial charge in [-0.05, 0) is 32.0 Å². The molecule has 1 rings (SSSR count). The van der Waals surface area contributed by atoms with Crippen molar-refractivity contribution < 1.29 is 14.6 Å². The van der Waals surface area contributed by atoms with Crippen molar-refractivity contribution in [2.45, 2.75) is 19.9 Å². The van der Waals surface area contributed by atoms with E-state index in [1.54, 1.807) is 18.1 Å². The van der Waals surface area contributed by atoms with E-state index < -0.39 is 0 Å². The molecule has 0 fully saturated rings. The van der Waals surface area contributed by atoms with E-state index >= 15 is 0 Å². The summed E-state index contributed by atoms with van der Waals surface area (Å²) in [7, 11) is 1.60. The van der Waals surface area contributed by atoms with Crippen LogP contribution < -0.4 is 0 Å². The zero-order valence-electron chi connectivity index (χ0n) is 10.8. The Balaban J connectivity index is 2.91. The summed E-state index contributed by atoms with van der Waals surface area (Å²) >= 11 is 5.80. The molecule has 0 heterocycles. The number of hydrogen-bond donors (Lipinski definition) is 1. The quantitative estimate of drug-likeness (QED) is 0.895. The van der Waals surface area contributed by atoms with Crippen LogP contribution in [0.4, 0.5) is 0 Å². The lowest BCUT2D eigenvalue weighted by Gasteiger charge is -2.26. The first-order valence-corrected chi connectivity index (χ1v) is 6.13. The normalized spacial score (nSPS) is 10.7. The van der Waals surface area contributed by atoms with Crippen LogP contribution in [0.15, 0.2) is 18.2 Å². The van der Waals surface area contributed by atoms with Crippen molar-refractivity contribution in [3.8, 4) is 5.75 Å². The number of nitrogens with zero attached hydrogens (tertiary/aromatic N) is 1. The highest BCUT2D eigenvalue weighted by molar-refractivity contribution is 6.32. The smallest absolute Gasteiger partial charge is 0.254 e. The summed E-state index contributed by atoms with van der Waals surface area (Å²) in [4.78, 5) is 14.0. The highest BCUT2D eigenvalue weighted by Gasteiger charge is 2.19. The van der Waals surface area contributed by atoms with Crippen molar-refractivity contribution in [2.24, 2.45) is 0 Å². The van der Waals surface area contributed by atoms with Crippen LogP contribution in [0.1, 0.15) is 24.2 Å². The fourth-order valence-electron chi connectivity index (χ4n) is 1.59. The molecular formula is C13H18ClNO3. The minimum absolute atomic E-state index is 0.0267. The van der Waals surface area contributed by atoms with Gasteiger partial charge in [0.15, 0.2) is 0 Å². The number of hydrogen-bond acceptors (Lipinski definition) is 3. The third-order valence-corrected chi connectivity index (χ3v) is 2.92. The summed E-state index contributed by atoms with van der Waals surface area (Å²) < 4.78 is 4.99. The second-order valence-corrected chi connectivity index (χ2v) is 4.66. The standard InChI is InChI=1S/C13H18ClNO3/c1-9(2)15(6-7-18-3)13(17)10-4-5-12(16)11(14)8-10/h4-5,8-9,16H,6-7H2,1-3H3. The molecule has 0 aliphatic rings. The molecule has 0 saturated heterocycles. The molecule has 18 heavy (non-hydrogen) atoms. The number of benzene rings is 1. The van der Waals surface area contributed by atoms with Crippen LogP contribution in [0.3, 0.4) is 0 Å². The van der Waals surface area contributed by atoms with Crippen LogP contribution in [0.2, 0.25) is 5.02 Å². The van der Waals surface area contributed by atoms with Gasteiger partial charge in [0, 0.05) is 25.3 Å². The number of carbonyl (C=O) groups excluding carboxylic acids is 1. The first-order chi connectivity index (χ1) is 8.47. The number of amides is 1. The average Bonchev–Trinajstić information content (AvgIpc) is 2.32. The van der Waals surface area contributed by atoms with Crippen LogP contribution in [-0.4, -0.2) is 42.2 Å². The lowest BCUT2D eigenvalue weighted by atomic mass is 10.1. The molecule has 100 valence electrons. The summed E-state index contributed by atoms with van der Waals surface area (Å²) in [5, 5.41) is 9.51. The largest absolute Gasteiger partial charge is 0.506 e. The summed E-state index contributed by atoms with van der Waals surface area (Å²) in [5.74, 6) is -0.148. The molecule has 0 aliphatic heterocycles. The van der Waals surface area contributed by atoms with Gasteiger partial charge in [0.05, 0.1) is 11.6 Å². The number of aromatic hydroxyl groups is 1. The lowest BCUT2D eigenvalue weighted by molar-refractivity contribution is 0.0635. The number of phenolic OH excluding ortho intramolecular Hbond substituents is 1. The van der Waals surface area contributed by atoms with Crippen molar-refractivity contribution in [3.63, 3.8) is 0 Å². The molecule has 0 radical (unpaired) electrons. The maximum Gasteiger partial charge on any atom is 0.254 e. The Bertz CT molecular complexity index is 421. The fraction of sp³-hybridized carbons (Fsp3) is 0.462. The summed E-state index contributed by atoms with van der Waals surface area (Å²) in [6, 6.07) is 4.53. The van der Waals surface area contributed by atoms with E-state index in [-0.39, 0.29) is 22.7 Å².